The van der Waals surface area contributed by atoms with Crippen LogP contribution in [0.5, 0.6) is 5.75 Å². The van der Waals surface area contributed by atoms with Gasteiger partial charge in [0.2, 0.25) is 0 Å². The number of rotatable bonds is 6. The van der Waals surface area contributed by atoms with Crippen LogP contribution in [0, 0.1) is 0 Å². The van der Waals surface area contributed by atoms with Gasteiger partial charge in [0.25, 0.3) is 5.91 Å². The number of amides is 3. The van der Waals surface area contributed by atoms with Gasteiger partial charge in [0.05, 0.1) is 0 Å². The van der Waals surface area contributed by atoms with Gasteiger partial charge in [-0.05, 0) is 55.5 Å². The van der Waals surface area contributed by atoms with Gasteiger partial charge in [0.1, 0.15) is 5.75 Å². The lowest BCUT2D eigenvalue weighted by atomic mass is 10.2. The van der Waals surface area contributed by atoms with Crippen molar-refractivity contribution in [3.8, 4) is 5.75 Å². The van der Waals surface area contributed by atoms with E-state index in [1.165, 1.54) is 0 Å². The second-order valence-corrected chi connectivity index (χ2v) is 6.08. The standard InChI is InChI=1S/C22H21N3O3/c1-16(28-20-10-6-3-7-11-20)21(26)23-18-12-14-19(15-13-18)25-22(27)24-17-8-4-2-5-9-17/h2-16H,1H3,(H,23,26)(H2,24,25,27). The van der Waals surface area contributed by atoms with E-state index in [2.05, 4.69) is 16.0 Å². The number of ether oxygens (including phenoxy) is 1. The van der Waals surface area contributed by atoms with Crippen molar-refractivity contribution in [2.24, 2.45) is 0 Å². The van der Waals surface area contributed by atoms with Crippen molar-refractivity contribution in [2.75, 3.05) is 16.0 Å². The van der Waals surface area contributed by atoms with Crippen molar-refractivity contribution in [1.82, 2.24) is 0 Å². The highest BCUT2D eigenvalue weighted by atomic mass is 16.5. The molecule has 3 amide bonds. The highest BCUT2D eigenvalue weighted by Gasteiger charge is 2.14. The van der Waals surface area contributed by atoms with Crippen LogP contribution in [0.4, 0.5) is 21.9 Å². The third-order valence-corrected chi connectivity index (χ3v) is 3.87. The number of benzene rings is 3. The van der Waals surface area contributed by atoms with E-state index in [9.17, 15) is 9.59 Å². The predicted octanol–water partition coefficient (Wildman–Crippen LogP) is 4.74. The molecular weight excluding hydrogens is 354 g/mol. The molecule has 0 aliphatic heterocycles. The van der Waals surface area contributed by atoms with E-state index in [4.69, 9.17) is 4.74 Å². The van der Waals surface area contributed by atoms with E-state index in [1.807, 2.05) is 36.4 Å². The van der Waals surface area contributed by atoms with Gasteiger partial charge < -0.3 is 20.7 Å². The Balaban J connectivity index is 1.51. The number of hydrogen-bond acceptors (Lipinski definition) is 3. The molecule has 3 aromatic carbocycles. The minimum Gasteiger partial charge on any atom is -0.481 e. The fraction of sp³-hybridized carbons (Fsp3) is 0.0909. The van der Waals surface area contributed by atoms with Gasteiger partial charge in [-0.2, -0.15) is 0 Å². The number of anilines is 3. The Bertz CT molecular complexity index is 913. The van der Waals surface area contributed by atoms with Gasteiger partial charge in [0.15, 0.2) is 6.10 Å². The van der Waals surface area contributed by atoms with Gasteiger partial charge in [-0.25, -0.2) is 4.79 Å². The molecule has 28 heavy (non-hydrogen) atoms. The first-order valence-corrected chi connectivity index (χ1v) is 8.86. The molecule has 0 radical (unpaired) electrons. The Morgan fingerprint density at radius 3 is 1.71 bits per heavy atom. The molecule has 0 aliphatic rings. The summed E-state index contributed by atoms with van der Waals surface area (Å²) in [5.41, 5.74) is 1.93. The Kier molecular flexibility index (Phi) is 6.25. The van der Waals surface area contributed by atoms with Crippen molar-refractivity contribution >= 4 is 29.0 Å². The molecule has 3 N–H and O–H groups in total. The number of urea groups is 1. The number of nitrogens with one attached hydrogen (secondary N) is 3. The molecule has 0 aliphatic carbocycles. The molecule has 0 aromatic heterocycles. The molecular formula is C22H21N3O3. The van der Waals surface area contributed by atoms with Crippen LogP contribution < -0.4 is 20.7 Å². The van der Waals surface area contributed by atoms with E-state index in [0.29, 0.717) is 22.8 Å². The Labute approximate surface area is 163 Å². The van der Waals surface area contributed by atoms with Crippen LogP contribution in [0.2, 0.25) is 0 Å². The molecule has 0 spiro atoms. The van der Waals surface area contributed by atoms with Gasteiger partial charge in [-0.1, -0.05) is 36.4 Å². The Morgan fingerprint density at radius 2 is 1.14 bits per heavy atom. The van der Waals surface area contributed by atoms with Crippen LogP contribution >= 0.6 is 0 Å². The zero-order valence-electron chi connectivity index (χ0n) is 15.4. The van der Waals surface area contributed by atoms with Crippen LogP contribution in [0.3, 0.4) is 0 Å². The first-order valence-electron chi connectivity index (χ1n) is 8.86. The Hall–Kier alpha value is -3.80. The van der Waals surface area contributed by atoms with Gasteiger partial charge in [-0.15, -0.1) is 0 Å². The minimum absolute atomic E-state index is 0.258. The zero-order chi connectivity index (χ0) is 19.8. The second-order valence-electron chi connectivity index (χ2n) is 6.08. The summed E-state index contributed by atoms with van der Waals surface area (Å²) in [7, 11) is 0. The summed E-state index contributed by atoms with van der Waals surface area (Å²) in [6.07, 6.45) is -0.642. The SMILES string of the molecule is CC(Oc1ccccc1)C(=O)Nc1ccc(NC(=O)Nc2ccccc2)cc1. The van der Waals surface area contributed by atoms with Gasteiger partial charge in [0, 0.05) is 17.1 Å². The lowest BCUT2D eigenvalue weighted by molar-refractivity contribution is -0.122. The molecule has 3 rings (SSSR count). The average molecular weight is 375 g/mol. The predicted molar refractivity (Wildman–Crippen MR) is 111 cm³/mol. The molecule has 6 heteroatoms. The first-order chi connectivity index (χ1) is 13.6. The number of carbonyl (C=O) groups excluding carboxylic acids is 2. The maximum atomic E-state index is 12.3. The molecule has 6 nitrogen and oxygen atoms in total. The molecule has 0 saturated heterocycles. The summed E-state index contributed by atoms with van der Waals surface area (Å²) >= 11 is 0. The van der Waals surface area contributed by atoms with Gasteiger partial charge in [-0.3, -0.25) is 4.79 Å². The van der Waals surface area contributed by atoms with Crippen LogP contribution in [-0.2, 0) is 4.79 Å². The molecule has 142 valence electrons. The lowest BCUT2D eigenvalue weighted by Gasteiger charge is -2.15. The van der Waals surface area contributed by atoms with Gasteiger partial charge >= 0.3 is 6.03 Å². The normalized spacial score (nSPS) is 11.2. The Morgan fingerprint density at radius 1 is 0.679 bits per heavy atom. The molecule has 1 unspecified atom stereocenters. The van der Waals surface area contributed by atoms with Crippen molar-refractivity contribution in [2.45, 2.75) is 13.0 Å². The monoisotopic (exact) mass is 375 g/mol. The zero-order valence-corrected chi connectivity index (χ0v) is 15.4. The van der Waals surface area contributed by atoms with E-state index >= 15 is 0 Å². The van der Waals surface area contributed by atoms with Crippen LogP contribution in [0.25, 0.3) is 0 Å². The van der Waals surface area contributed by atoms with Crippen LogP contribution in [0.15, 0.2) is 84.9 Å². The molecule has 0 saturated carbocycles. The molecule has 0 fully saturated rings. The second kappa shape index (κ2) is 9.23. The summed E-state index contributed by atoms with van der Waals surface area (Å²) in [5.74, 6) is 0.375. The van der Waals surface area contributed by atoms with Crippen molar-refractivity contribution < 1.29 is 14.3 Å². The average Bonchev–Trinajstić information content (AvgIpc) is 2.71. The van der Waals surface area contributed by atoms with Crippen molar-refractivity contribution in [1.29, 1.82) is 0 Å². The van der Waals surface area contributed by atoms with E-state index in [1.54, 1.807) is 55.5 Å². The molecule has 0 bridgehead atoms. The number of hydrogen-bond donors (Lipinski definition) is 3. The highest BCUT2D eigenvalue weighted by Crippen LogP contribution is 2.16. The van der Waals surface area contributed by atoms with E-state index in [0.717, 1.165) is 0 Å². The maximum Gasteiger partial charge on any atom is 0.323 e. The van der Waals surface area contributed by atoms with E-state index < -0.39 is 6.10 Å². The summed E-state index contributed by atoms with van der Waals surface area (Å²) in [6.45, 7) is 1.69. The number of para-hydroxylation sites is 2. The fourth-order valence-electron chi connectivity index (χ4n) is 2.45. The highest BCUT2D eigenvalue weighted by molar-refractivity contribution is 6.00. The van der Waals surface area contributed by atoms with Crippen LogP contribution in [0.1, 0.15) is 6.92 Å². The third kappa shape index (κ3) is 5.60. The lowest BCUT2D eigenvalue weighted by Crippen LogP contribution is -2.30. The maximum absolute atomic E-state index is 12.3. The third-order valence-electron chi connectivity index (χ3n) is 3.87. The number of carbonyl (C=O) groups is 2. The molecule has 1 atom stereocenters. The quantitative estimate of drug-likeness (QED) is 0.582. The van der Waals surface area contributed by atoms with Crippen molar-refractivity contribution in [3.05, 3.63) is 84.9 Å². The minimum atomic E-state index is -0.642. The largest absolute Gasteiger partial charge is 0.481 e. The van der Waals surface area contributed by atoms with E-state index in [-0.39, 0.29) is 11.9 Å². The first kappa shape index (κ1) is 19.0. The topological polar surface area (TPSA) is 79.5 Å². The summed E-state index contributed by atoms with van der Waals surface area (Å²) in [6, 6.07) is 24.8. The molecule has 0 heterocycles. The summed E-state index contributed by atoms with van der Waals surface area (Å²) < 4.78 is 5.60. The summed E-state index contributed by atoms with van der Waals surface area (Å²) in [5, 5.41) is 8.27. The summed E-state index contributed by atoms with van der Waals surface area (Å²) in [4.78, 5) is 24.3. The fourth-order valence-corrected chi connectivity index (χ4v) is 2.45. The smallest absolute Gasteiger partial charge is 0.323 e. The van der Waals surface area contributed by atoms with Crippen LogP contribution in [-0.4, -0.2) is 18.0 Å². The molecule has 3 aromatic rings. The van der Waals surface area contributed by atoms with Crippen molar-refractivity contribution in [3.63, 3.8) is 0 Å².